The van der Waals surface area contributed by atoms with Crippen molar-refractivity contribution >= 4 is 34.3 Å². The van der Waals surface area contributed by atoms with E-state index in [0.29, 0.717) is 24.3 Å². The Balaban J connectivity index is 1.27. The Hall–Kier alpha value is -4.26. The molecule has 4 N–H and O–H groups in total. The molecule has 3 aromatic carbocycles. The predicted octanol–water partition coefficient (Wildman–Crippen LogP) is 5.16. The van der Waals surface area contributed by atoms with Gasteiger partial charge in [0.2, 0.25) is 5.91 Å². The Kier molecular flexibility index (Phi) is 5.91. The van der Waals surface area contributed by atoms with E-state index in [4.69, 9.17) is 10.5 Å². The Bertz CT molecular complexity index is 1330. The van der Waals surface area contributed by atoms with Crippen LogP contribution in [0.4, 0.5) is 16.2 Å². The lowest BCUT2D eigenvalue weighted by molar-refractivity contribution is -0.120. The SMILES string of the molecule is Nc1cc(-c2cccc(NC(=O)[C@@H]3CCCN3C(=O)OCc3ccccc3)c2)cc2cc[nH]c12. The number of carbonyl (C=O) groups excluding carboxylic acids is 2. The fourth-order valence-corrected chi connectivity index (χ4v) is 4.43. The number of nitrogens with one attached hydrogen (secondary N) is 2. The number of fused-ring (bicyclic) bond motifs is 1. The number of likely N-dealkylation sites (tertiary alicyclic amines) is 1. The van der Waals surface area contributed by atoms with Gasteiger partial charge in [-0.3, -0.25) is 9.69 Å². The van der Waals surface area contributed by atoms with E-state index in [9.17, 15) is 9.59 Å². The number of aromatic nitrogens is 1. The maximum atomic E-state index is 13.1. The maximum Gasteiger partial charge on any atom is 0.410 e. The summed E-state index contributed by atoms with van der Waals surface area (Å²) in [6, 6.07) is 22.5. The van der Waals surface area contributed by atoms with Gasteiger partial charge in [0.25, 0.3) is 0 Å². The molecule has 0 spiro atoms. The second-order valence-corrected chi connectivity index (χ2v) is 8.47. The third kappa shape index (κ3) is 4.45. The normalized spacial score (nSPS) is 15.4. The molecular formula is C27H26N4O3. The van der Waals surface area contributed by atoms with Gasteiger partial charge in [0, 0.05) is 23.8 Å². The zero-order valence-electron chi connectivity index (χ0n) is 18.7. The van der Waals surface area contributed by atoms with Crippen LogP contribution in [0.5, 0.6) is 0 Å². The predicted molar refractivity (Wildman–Crippen MR) is 133 cm³/mol. The number of hydrogen-bond acceptors (Lipinski definition) is 4. The number of anilines is 2. The lowest BCUT2D eigenvalue weighted by atomic mass is 10.0. The van der Waals surface area contributed by atoms with Gasteiger partial charge in [-0.25, -0.2) is 4.79 Å². The van der Waals surface area contributed by atoms with Crippen LogP contribution in [0.3, 0.4) is 0 Å². The highest BCUT2D eigenvalue weighted by molar-refractivity contribution is 5.98. The monoisotopic (exact) mass is 454 g/mol. The van der Waals surface area contributed by atoms with Crippen LogP contribution < -0.4 is 11.1 Å². The van der Waals surface area contributed by atoms with Crippen LogP contribution in [0.2, 0.25) is 0 Å². The van der Waals surface area contributed by atoms with Gasteiger partial charge in [-0.2, -0.15) is 0 Å². The largest absolute Gasteiger partial charge is 0.445 e. The van der Waals surface area contributed by atoms with Gasteiger partial charge < -0.3 is 20.8 Å². The zero-order valence-corrected chi connectivity index (χ0v) is 18.7. The quantitative estimate of drug-likeness (QED) is 0.363. The third-order valence-electron chi connectivity index (χ3n) is 6.15. The van der Waals surface area contributed by atoms with Crippen molar-refractivity contribution in [1.82, 2.24) is 9.88 Å². The van der Waals surface area contributed by atoms with Gasteiger partial charge in [0.05, 0.1) is 11.2 Å². The minimum atomic E-state index is -0.557. The summed E-state index contributed by atoms with van der Waals surface area (Å²) in [5.41, 5.74) is 11.3. The van der Waals surface area contributed by atoms with Crippen LogP contribution in [0.1, 0.15) is 18.4 Å². The van der Waals surface area contributed by atoms with E-state index in [1.54, 1.807) is 0 Å². The van der Waals surface area contributed by atoms with Gasteiger partial charge in [-0.15, -0.1) is 0 Å². The van der Waals surface area contributed by atoms with Crippen molar-refractivity contribution in [2.24, 2.45) is 0 Å². The summed E-state index contributed by atoms with van der Waals surface area (Å²) < 4.78 is 5.45. The molecule has 0 radical (unpaired) electrons. The van der Waals surface area contributed by atoms with Crippen molar-refractivity contribution in [2.45, 2.75) is 25.5 Å². The number of aromatic amines is 1. The lowest BCUT2D eigenvalue weighted by Gasteiger charge is -2.23. The van der Waals surface area contributed by atoms with Crippen molar-refractivity contribution in [3.8, 4) is 11.1 Å². The highest BCUT2D eigenvalue weighted by Gasteiger charge is 2.35. The highest BCUT2D eigenvalue weighted by Crippen LogP contribution is 2.30. The molecule has 7 heteroatoms. The number of rotatable bonds is 5. The molecule has 0 unspecified atom stereocenters. The minimum Gasteiger partial charge on any atom is -0.445 e. The zero-order chi connectivity index (χ0) is 23.5. The summed E-state index contributed by atoms with van der Waals surface area (Å²) in [4.78, 5) is 30.4. The molecule has 1 saturated heterocycles. The van der Waals surface area contributed by atoms with E-state index in [-0.39, 0.29) is 12.5 Å². The molecule has 1 atom stereocenters. The molecule has 2 amide bonds. The smallest absolute Gasteiger partial charge is 0.410 e. The molecule has 34 heavy (non-hydrogen) atoms. The Morgan fingerprint density at radius 1 is 1.03 bits per heavy atom. The summed E-state index contributed by atoms with van der Waals surface area (Å²) >= 11 is 0. The summed E-state index contributed by atoms with van der Waals surface area (Å²) in [6.07, 6.45) is 2.76. The van der Waals surface area contributed by atoms with E-state index in [2.05, 4.69) is 16.4 Å². The molecule has 1 fully saturated rings. The summed E-state index contributed by atoms with van der Waals surface area (Å²) in [7, 11) is 0. The van der Waals surface area contributed by atoms with Crippen LogP contribution in [-0.2, 0) is 16.1 Å². The molecule has 2 heterocycles. The molecular weight excluding hydrogens is 428 g/mol. The molecule has 7 nitrogen and oxygen atoms in total. The van der Waals surface area contributed by atoms with Gasteiger partial charge in [-0.05, 0) is 59.9 Å². The van der Waals surface area contributed by atoms with Crippen molar-refractivity contribution < 1.29 is 14.3 Å². The lowest BCUT2D eigenvalue weighted by Crippen LogP contribution is -2.43. The van der Waals surface area contributed by atoms with Crippen LogP contribution >= 0.6 is 0 Å². The maximum absolute atomic E-state index is 13.1. The molecule has 0 aliphatic carbocycles. The molecule has 0 saturated carbocycles. The summed E-state index contributed by atoms with van der Waals surface area (Å²) in [6.45, 7) is 0.683. The van der Waals surface area contributed by atoms with Gasteiger partial charge in [0.1, 0.15) is 12.6 Å². The number of hydrogen-bond donors (Lipinski definition) is 3. The molecule has 5 rings (SSSR count). The number of benzene rings is 3. The first-order chi connectivity index (χ1) is 16.6. The Morgan fingerprint density at radius 3 is 2.74 bits per heavy atom. The third-order valence-corrected chi connectivity index (χ3v) is 6.15. The first-order valence-electron chi connectivity index (χ1n) is 11.3. The van der Waals surface area contributed by atoms with E-state index in [1.165, 1.54) is 4.90 Å². The van der Waals surface area contributed by atoms with Crippen molar-refractivity contribution in [1.29, 1.82) is 0 Å². The average molecular weight is 455 g/mol. The molecule has 4 aromatic rings. The number of nitrogens with two attached hydrogens (primary N) is 1. The average Bonchev–Trinajstić information content (AvgIpc) is 3.53. The topological polar surface area (TPSA) is 100 Å². The first kappa shape index (κ1) is 21.6. The number of H-pyrrole nitrogens is 1. The van der Waals surface area contributed by atoms with Crippen molar-refractivity contribution in [3.63, 3.8) is 0 Å². The summed E-state index contributed by atoms with van der Waals surface area (Å²) in [5, 5.41) is 4.00. The number of carbonyl (C=O) groups is 2. The second-order valence-electron chi connectivity index (χ2n) is 8.47. The fourth-order valence-electron chi connectivity index (χ4n) is 4.43. The molecule has 172 valence electrons. The minimum absolute atomic E-state index is 0.182. The van der Waals surface area contributed by atoms with Gasteiger partial charge in [-0.1, -0.05) is 42.5 Å². The molecule has 1 aromatic heterocycles. The van der Waals surface area contributed by atoms with Crippen LogP contribution in [0, 0.1) is 0 Å². The van der Waals surface area contributed by atoms with Gasteiger partial charge >= 0.3 is 6.09 Å². The van der Waals surface area contributed by atoms with Crippen LogP contribution in [0.15, 0.2) is 79.0 Å². The van der Waals surface area contributed by atoms with E-state index in [1.807, 2.05) is 72.9 Å². The highest BCUT2D eigenvalue weighted by atomic mass is 16.6. The Labute approximate surface area is 197 Å². The fraction of sp³-hybridized carbons (Fsp3) is 0.185. The molecule has 1 aliphatic heterocycles. The first-order valence-corrected chi connectivity index (χ1v) is 11.3. The Morgan fingerprint density at radius 2 is 1.88 bits per heavy atom. The number of nitrogen functional groups attached to an aromatic ring is 1. The van der Waals surface area contributed by atoms with E-state index in [0.717, 1.165) is 34.0 Å². The second kappa shape index (κ2) is 9.31. The van der Waals surface area contributed by atoms with Crippen molar-refractivity contribution in [3.05, 3.63) is 84.6 Å². The number of ether oxygens (including phenoxy) is 1. The number of nitrogens with zero attached hydrogens (tertiary/aromatic N) is 1. The van der Waals surface area contributed by atoms with Gasteiger partial charge in [0.15, 0.2) is 0 Å². The molecule has 1 aliphatic rings. The summed E-state index contributed by atoms with van der Waals surface area (Å²) in [5.74, 6) is -0.216. The van der Waals surface area contributed by atoms with Crippen LogP contribution in [-0.4, -0.2) is 34.5 Å². The molecule has 0 bridgehead atoms. The van der Waals surface area contributed by atoms with E-state index < -0.39 is 12.1 Å². The number of amides is 2. The van der Waals surface area contributed by atoms with E-state index >= 15 is 0 Å². The van der Waals surface area contributed by atoms with Crippen LogP contribution in [0.25, 0.3) is 22.0 Å². The van der Waals surface area contributed by atoms with Crippen molar-refractivity contribution in [2.75, 3.05) is 17.6 Å². The standard InChI is InChI=1S/C27H26N4O3/c28-23-16-21(14-20-11-12-29-25(20)23)19-8-4-9-22(15-19)30-26(32)24-10-5-13-31(24)27(33)34-17-18-6-2-1-3-7-18/h1-4,6-9,11-12,14-16,24,29H,5,10,13,17,28H2,(H,30,32)/t24-/m0/s1.